The van der Waals surface area contributed by atoms with Gasteiger partial charge in [0.05, 0.1) is 11.7 Å². The molecule has 0 aromatic carbocycles. The lowest BCUT2D eigenvalue weighted by Crippen LogP contribution is -2.20. The lowest BCUT2D eigenvalue weighted by Gasteiger charge is -2.21. The van der Waals surface area contributed by atoms with Gasteiger partial charge in [-0.1, -0.05) is 13.8 Å². The molecule has 1 N–H and O–H groups in total. The zero-order valence-electron chi connectivity index (χ0n) is 7.96. The van der Waals surface area contributed by atoms with Crippen LogP contribution in [0.5, 0.6) is 0 Å². The first-order chi connectivity index (χ1) is 5.38. The quantitative estimate of drug-likeness (QED) is 0.686. The van der Waals surface area contributed by atoms with Crippen LogP contribution >= 0.6 is 11.8 Å². The molecule has 0 bridgehead atoms. The number of allylic oxidation sites excluding steroid dienone is 1. The minimum atomic E-state index is -0.898. The molecule has 0 saturated carbocycles. The average molecular weight is 185 g/mol. The molecule has 0 rings (SSSR count). The van der Waals surface area contributed by atoms with Crippen LogP contribution in [-0.2, 0) is 0 Å². The SMILES string of the molecule is CC(C)S/C(=C\C#N)C(C)(C)O. The standard InChI is InChI=1S/C9H15NOS/c1-7(2)12-8(5-6-10)9(3,4)11/h5,7,11H,1-4H3/b8-5-. The van der Waals surface area contributed by atoms with Crippen molar-refractivity contribution in [3.63, 3.8) is 0 Å². The van der Waals surface area contributed by atoms with Gasteiger partial charge in [-0.15, -0.1) is 11.8 Å². The molecule has 0 atom stereocenters. The van der Waals surface area contributed by atoms with E-state index in [1.807, 2.05) is 19.9 Å². The fraction of sp³-hybridized carbons (Fsp3) is 0.667. The third kappa shape index (κ3) is 4.42. The third-order valence-corrected chi connectivity index (χ3v) is 2.50. The molecule has 0 heterocycles. The first kappa shape index (κ1) is 11.5. The van der Waals surface area contributed by atoms with Crippen molar-refractivity contribution in [1.29, 1.82) is 5.26 Å². The van der Waals surface area contributed by atoms with Crippen LogP contribution in [0, 0.1) is 11.3 Å². The normalized spacial score (nSPS) is 13.2. The van der Waals surface area contributed by atoms with Crippen molar-refractivity contribution in [2.75, 3.05) is 0 Å². The van der Waals surface area contributed by atoms with Crippen LogP contribution in [-0.4, -0.2) is 16.0 Å². The van der Waals surface area contributed by atoms with E-state index in [9.17, 15) is 5.11 Å². The van der Waals surface area contributed by atoms with E-state index in [1.54, 1.807) is 13.8 Å². The van der Waals surface area contributed by atoms with Gasteiger partial charge in [-0.05, 0) is 13.8 Å². The summed E-state index contributed by atoms with van der Waals surface area (Å²) in [5, 5.41) is 18.5. The van der Waals surface area contributed by atoms with Gasteiger partial charge in [-0.25, -0.2) is 0 Å². The van der Waals surface area contributed by atoms with Gasteiger partial charge in [0.2, 0.25) is 0 Å². The lowest BCUT2D eigenvalue weighted by atomic mass is 10.1. The van der Waals surface area contributed by atoms with Crippen molar-refractivity contribution in [2.45, 2.75) is 38.5 Å². The Hall–Kier alpha value is -0.460. The molecule has 0 aromatic rings. The van der Waals surface area contributed by atoms with Gasteiger partial charge in [0.25, 0.3) is 0 Å². The molecule has 2 nitrogen and oxygen atoms in total. The number of hydrogen-bond donors (Lipinski definition) is 1. The number of aliphatic hydroxyl groups is 1. The van der Waals surface area contributed by atoms with E-state index in [1.165, 1.54) is 17.8 Å². The lowest BCUT2D eigenvalue weighted by molar-refractivity contribution is 0.129. The summed E-state index contributed by atoms with van der Waals surface area (Å²) in [7, 11) is 0. The summed E-state index contributed by atoms with van der Waals surface area (Å²) in [6.07, 6.45) is 1.41. The Morgan fingerprint density at radius 3 is 2.33 bits per heavy atom. The van der Waals surface area contributed by atoms with E-state index < -0.39 is 5.60 Å². The Bertz CT molecular complexity index is 208. The molecule has 0 saturated heterocycles. The van der Waals surface area contributed by atoms with E-state index in [4.69, 9.17) is 5.26 Å². The number of rotatable bonds is 3. The largest absolute Gasteiger partial charge is 0.385 e. The van der Waals surface area contributed by atoms with Crippen molar-refractivity contribution in [1.82, 2.24) is 0 Å². The zero-order valence-corrected chi connectivity index (χ0v) is 8.77. The Morgan fingerprint density at radius 2 is 2.08 bits per heavy atom. The molecule has 0 aromatic heterocycles. The highest BCUT2D eigenvalue weighted by molar-refractivity contribution is 8.03. The van der Waals surface area contributed by atoms with Crippen molar-refractivity contribution >= 4 is 11.8 Å². The molecule has 0 aliphatic heterocycles. The number of nitriles is 1. The molecule has 0 amide bonds. The summed E-state index contributed by atoms with van der Waals surface area (Å²) in [4.78, 5) is 0.722. The fourth-order valence-corrected chi connectivity index (χ4v) is 1.58. The van der Waals surface area contributed by atoms with Gasteiger partial charge in [-0.3, -0.25) is 0 Å². The van der Waals surface area contributed by atoms with Crippen LogP contribution < -0.4 is 0 Å². The highest BCUT2D eigenvalue weighted by Gasteiger charge is 2.20. The van der Waals surface area contributed by atoms with Gasteiger partial charge >= 0.3 is 0 Å². The van der Waals surface area contributed by atoms with Crippen molar-refractivity contribution in [2.24, 2.45) is 0 Å². The Morgan fingerprint density at radius 1 is 1.58 bits per heavy atom. The monoisotopic (exact) mass is 185 g/mol. The maximum absolute atomic E-state index is 9.62. The summed E-state index contributed by atoms with van der Waals surface area (Å²) < 4.78 is 0. The molecule has 0 aliphatic carbocycles. The van der Waals surface area contributed by atoms with Crippen LogP contribution in [0.25, 0.3) is 0 Å². The molecular weight excluding hydrogens is 170 g/mol. The Kier molecular flexibility index (Phi) is 4.36. The second-order valence-electron chi connectivity index (χ2n) is 3.36. The summed E-state index contributed by atoms with van der Waals surface area (Å²) >= 11 is 1.52. The van der Waals surface area contributed by atoms with E-state index in [0.717, 1.165) is 4.91 Å². The second kappa shape index (κ2) is 4.54. The Labute approximate surface area is 78.3 Å². The molecule has 0 radical (unpaired) electrons. The molecule has 0 fully saturated rings. The summed E-state index contributed by atoms with van der Waals surface area (Å²) in [5.41, 5.74) is -0.898. The third-order valence-electron chi connectivity index (χ3n) is 1.16. The van der Waals surface area contributed by atoms with Gasteiger partial charge in [0.15, 0.2) is 0 Å². The predicted molar refractivity (Wildman–Crippen MR) is 52.7 cm³/mol. The van der Waals surface area contributed by atoms with Gasteiger partial charge in [-0.2, -0.15) is 5.26 Å². The summed E-state index contributed by atoms with van der Waals surface area (Å²) in [6.45, 7) is 7.43. The number of thioether (sulfide) groups is 1. The van der Waals surface area contributed by atoms with Crippen LogP contribution in [0.15, 0.2) is 11.0 Å². The average Bonchev–Trinajstić information content (AvgIpc) is 1.83. The van der Waals surface area contributed by atoms with Crippen LogP contribution in [0.2, 0.25) is 0 Å². The molecule has 12 heavy (non-hydrogen) atoms. The minimum absolute atomic E-state index is 0.385. The van der Waals surface area contributed by atoms with Crippen LogP contribution in [0.3, 0.4) is 0 Å². The second-order valence-corrected chi connectivity index (χ2v) is 4.98. The van der Waals surface area contributed by atoms with Crippen LogP contribution in [0.1, 0.15) is 27.7 Å². The molecule has 0 unspecified atom stereocenters. The van der Waals surface area contributed by atoms with Crippen molar-refractivity contribution in [3.05, 3.63) is 11.0 Å². The Balaban J connectivity index is 4.50. The van der Waals surface area contributed by atoms with Crippen LogP contribution in [0.4, 0.5) is 0 Å². The van der Waals surface area contributed by atoms with E-state index >= 15 is 0 Å². The maximum Gasteiger partial charge on any atom is 0.0921 e. The van der Waals surface area contributed by atoms with E-state index in [-0.39, 0.29) is 0 Å². The first-order valence-corrected chi connectivity index (χ1v) is 4.75. The van der Waals surface area contributed by atoms with E-state index in [2.05, 4.69) is 0 Å². The smallest absolute Gasteiger partial charge is 0.0921 e. The minimum Gasteiger partial charge on any atom is -0.385 e. The van der Waals surface area contributed by atoms with Gasteiger partial charge < -0.3 is 5.11 Å². The first-order valence-electron chi connectivity index (χ1n) is 3.87. The van der Waals surface area contributed by atoms with Gasteiger partial charge in [0.1, 0.15) is 0 Å². The summed E-state index contributed by atoms with van der Waals surface area (Å²) in [6, 6.07) is 1.94. The predicted octanol–water partition coefficient (Wildman–Crippen LogP) is 2.31. The molecule has 68 valence electrons. The topological polar surface area (TPSA) is 44.0 Å². The maximum atomic E-state index is 9.62. The van der Waals surface area contributed by atoms with E-state index in [0.29, 0.717) is 5.25 Å². The molecule has 0 aliphatic rings. The van der Waals surface area contributed by atoms with Crippen molar-refractivity contribution in [3.8, 4) is 6.07 Å². The highest BCUT2D eigenvalue weighted by atomic mass is 32.2. The highest BCUT2D eigenvalue weighted by Crippen LogP contribution is 2.30. The zero-order chi connectivity index (χ0) is 9.78. The number of hydrogen-bond acceptors (Lipinski definition) is 3. The fourth-order valence-electron chi connectivity index (χ4n) is 0.667. The molecule has 3 heteroatoms. The molecular formula is C9H15NOS. The number of nitrogens with zero attached hydrogens (tertiary/aromatic N) is 1. The van der Waals surface area contributed by atoms with Gasteiger partial charge in [0, 0.05) is 16.2 Å². The molecule has 0 spiro atoms. The van der Waals surface area contributed by atoms with Crippen molar-refractivity contribution < 1.29 is 5.11 Å². The summed E-state index contributed by atoms with van der Waals surface area (Å²) in [5.74, 6) is 0.